The molecule has 3 aromatic carbocycles. The molecule has 0 spiro atoms. The molecule has 0 N–H and O–H groups in total. The van der Waals surface area contributed by atoms with Crippen LogP contribution in [0.5, 0.6) is 5.75 Å². The van der Waals surface area contributed by atoms with Crippen LogP contribution >= 0.6 is 11.6 Å². The van der Waals surface area contributed by atoms with Crippen molar-refractivity contribution in [2.24, 2.45) is 0 Å². The molecule has 0 heterocycles. The zero-order valence-electron chi connectivity index (χ0n) is 16.1. The number of benzene rings is 3. The van der Waals surface area contributed by atoms with E-state index < -0.39 is 27.2 Å². The van der Waals surface area contributed by atoms with Gasteiger partial charge in [-0.1, -0.05) is 35.9 Å². The summed E-state index contributed by atoms with van der Waals surface area (Å²) in [5.41, 5.74) is 0.206. The summed E-state index contributed by atoms with van der Waals surface area (Å²) in [4.78, 5) is 32.6. The number of rotatable bonds is 6. The van der Waals surface area contributed by atoms with Crippen LogP contribution in [0.2, 0.25) is 5.02 Å². The molecular weight excluding hydrogens is 438 g/mol. The van der Waals surface area contributed by atoms with Crippen LogP contribution in [-0.4, -0.2) is 15.8 Å². The molecule has 3 rings (SSSR count). The van der Waals surface area contributed by atoms with Gasteiger partial charge in [-0.2, -0.15) is 5.26 Å². The van der Waals surface area contributed by atoms with Gasteiger partial charge in [0, 0.05) is 17.2 Å². The Morgan fingerprint density at radius 3 is 1.97 bits per heavy atom. The van der Waals surface area contributed by atoms with E-state index in [4.69, 9.17) is 16.3 Å². The maximum Gasteiger partial charge on any atom is 0.344 e. The Hall–Kier alpha value is -4.55. The normalized spacial score (nSPS) is 10.8. The van der Waals surface area contributed by atoms with Crippen molar-refractivity contribution in [3.63, 3.8) is 0 Å². The molecule has 10 heteroatoms. The van der Waals surface area contributed by atoms with Gasteiger partial charge in [0.25, 0.3) is 11.4 Å². The third-order valence-corrected chi connectivity index (χ3v) is 4.49. The fourth-order valence-corrected chi connectivity index (χ4v) is 2.82. The van der Waals surface area contributed by atoms with Crippen molar-refractivity contribution in [3.8, 4) is 11.8 Å². The molecule has 0 radical (unpaired) electrons. The lowest BCUT2D eigenvalue weighted by atomic mass is 10.0. The molecule has 3 aromatic rings. The monoisotopic (exact) mass is 449 g/mol. The maximum atomic E-state index is 12.4. The molecule has 32 heavy (non-hydrogen) atoms. The molecule has 0 atom stereocenters. The van der Waals surface area contributed by atoms with Crippen LogP contribution in [0.1, 0.15) is 21.5 Å². The standard InChI is InChI=1S/C22H12ClN3O6/c23-18-5-3-15(4-6-18)17(13-24)9-14-1-7-21(8-2-14)32-22(27)16-10-19(25(28)29)12-20(11-16)26(30)31/h1-12H/b17-9-. The average Bonchev–Trinajstić information content (AvgIpc) is 2.78. The second kappa shape index (κ2) is 9.51. The van der Waals surface area contributed by atoms with Gasteiger partial charge in [-0.15, -0.1) is 0 Å². The largest absolute Gasteiger partial charge is 0.423 e. The Labute approximate surface area is 186 Å². The third-order valence-electron chi connectivity index (χ3n) is 4.24. The van der Waals surface area contributed by atoms with Gasteiger partial charge in [-0.05, 0) is 41.5 Å². The van der Waals surface area contributed by atoms with Crippen molar-refractivity contribution in [1.82, 2.24) is 0 Å². The van der Waals surface area contributed by atoms with Gasteiger partial charge in [0.05, 0.1) is 33.1 Å². The third kappa shape index (κ3) is 5.33. The number of non-ortho nitro benzene ring substituents is 2. The summed E-state index contributed by atoms with van der Waals surface area (Å²) in [6.45, 7) is 0. The Kier molecular flexibility index (Phi) is 6.58. The molecule has 0 amide bonds. The Morgan fingerprint density at radius 1 is 0.906 bits per heavy atom. The minimum absolute atomic E-state index is 0.117. The van der Waals surface area contributed by atoms with Crippen LogP contribution in [0.15, 0.2) is 66.7 Å². The fraction of sp³-hybridized carbons (Fsp3) is 0. The summed E-state index contributed by atoms with van der Waals surface area (Å²) in [7, 11) is 0. The molecule has 0 aliphatic rings. The van der Waals surface area contributed by atoms with Crippen molar-refractivity contribution < 1.29 is 19.4 Å². The topological polar surface area (TPSA) is 136 Å². The molecule has 0 unspecified atom stereocenters. The van der Waals surface area contributed by atoms with E-state index in [2.05, 4.69) is 6.07 Å². The van der Waals surface area contributed by atoms with Crippen molar-refractivity contribution in [2.75, 3.05) is 0 Å². The molecule has 9 nitrogen and oxygen atoms in total. The van der Waals surface area contributed by atoms with Crippen LogP contribution in [0, 0.1) is 31.6 Å². The first-order valence-corrected chi connectivity index (χ1v) is 9.28. The Balaban J connectivity index is 1.81. The summed E-state index contributed by atoms with van der Waals surface area (Å²) in [6.07, 6.45) is 1.64. The molecule has 0 aliphatic carbocycles. The number of ether oxygens (including phenoxy) is 1. The van der Waals surface area contributed by atoms with E-state index in [0.717, 1.165) is 18.2 Å². The van der Waals surface area contributed by atoms with Crippen molar-refractivity contribution >= 4 is 40.6 Å². The van der Waals surface area contributed by atoms with E-state index in [0.29, 0.717) is 21.7 Å². The number of carbonyl (C=O) groups excluding carboxylic acids is 1. The van der Waals surface area contributed by atoms with E-state index in [-0.39, 0.29) is 11.3 Å². The van der Waals surface area contributed by atoms with E-state index in [1.54, 1.807) is 42.5 Å². The van der Waals surface area contributed by atoms with Crippen molar-refractivity contribution in [1.29, 1.82) is 5.26 Å². The highest BCUT2D eigenvalue weighted by Gasteiger charge is 2.21. The fourth-order valence-electron chi connectivity index (χ4n) is 2.70. The van der Waals surface area contributed by atoms with Gasteiger partial charge in [-0.3, -0.25) is 20.2 Å². The summed E-state index contributed by atoms with van der Waals surface area (Å²) in [5, 5.41) is 31.9. The van der Waals surface area contributed by atoms with Gasteiger partial charge in [0.1, 0.15) is 5.75 Å². The quantitative estimate of drug-likeness (QED) is 0.122. The number of halogens is 1. The first kappa shape index (κ1) is 22.1. The van der Waals surface area contributed by atoms with Crippen LogP contribution in [0.3, 0.4) is 0 Å². The number of nitrogens with zero attached hydrogens (tertiary/aromatic N) is 3. The number of allylic oxidation sites excluding steroid dienone is 1. The SMILES string of the molecule is N#C/C(=C/c1ccc(OC(=O)c2cc([N+](=O)[O-])cc([N+](=O)[O-])c2)cc1)c1ccc(Cl)cc1. The Morgan fingerprint density at radius 2 is 1.47 bits per heavy atom. The number of hydrogen-bond acceptors (Lipinski definition) is 7. The number of esters is 1. The highest BCUT2D eigenvalue weighted by atomic mass is 35.5. The van der Waals surface area contributed by atoms with Crippen LogP contribution in [0.25, 0.3) is 11.6 Å². The lowest BCUT2D eigenvalue weighted by molar-refractivity contribution is -0.394. The highest BCUT2D eigenvalue weighted by Crippen LogP contribution is 2.25. The van der Waals surface area contributed by atoms with Crippen molar-refractivity contribution in [2.45, 2.75) is 0 Å². The number of hydrogen-bond donors (Lipinski definition) is 0. The summed E-state index contributed by atoms with van der Waals surface area (Å²) in [5.74, 6) is -0.870. The molecule has 0 aliphatic heterocycles. The van der Waals surface area contributed by atoms with Crippen molar-refractivity contribution in [3.05, 3.63) is 109 Å². The first-order chi connectivity index (χ1) is 15.3. The summed E-state index contributed by atoms with van der Waals surface area (Å²) in [6, 6.07) is 17.6. The van der Waals surface area contributed by atoms with Gasteiger partial charge in [0.2, 0.25) is 0 Å². The van der Waals surface area contributed by atoms with Crippen LogP contribution in [0.4, 0.5) is 11.4 Å². The van der Waals surface area contributed by atoms with E-state index >= 15 is 0 Å². The predicted molar refractivity (Wildman–Crippen MR) is 116 cm³/mol. The number of nitro benzene ring substituents is 2. The van der Waals surface area contributed by atoms with E-state index in [1.807, 2.05) is 0 Å². The average molecular weight is 450 g/mol. The van der Waals surface area contributed by atoms with Gasteiger partial charge >= 0.3 is 5.97 Å². The zero-order valence-corrected chi connectivity index (χ0v) is 16.9. The lowest BCUT2D eigenvalue weighted by Gasteiger charge is -2.05. The van der Waals surface area contributed by atoms with Crippen LogP contribution < -0.4 is 4.74 Å². The molecule has 0 bridgehead atoms. The molecule has 0 fully saturated rings. The number of nitro groups is 2. The number of nitriles is 1. The molecular formula is C22H12ClN3O6. The van der Waals surface area contributed by atoms with E-state index in [9.17, 15) is 30.3 Å². The lowest BCUT2D eigenvalue weighted by Crippen LogP contribution is -2.09. The minimum atomic E-state index is -0.987. The first-order valence-electron chi connectivity index (χ1n) is 8.90. The Bertz CT molecular complexity index is 1250. The second-order valence-electron chi connectivity index (χ2n) is 6.39. The van der Waals surface area contributed by atoms with Gasteiger partial charge in [-0.25, -0.2) is 4.79 Å². The molecule has 0 saturated carbocycles. The minimum Gasteiger partial charge on any atom is -0.423 e. The smallest absolute Gasteiger partial charge is 0.344 e. The van der Waals surface area contributed by atoms with Gasteiger partial charge in [0.15, 0.2) is 0 Å². The molecule has 0 aromatic heterocycles. The van der Waals surface area contributed by atoms with Gasteiger partial charge < -0.3 is 4.74 Å². The summed E-state index contributed by atoms with van der Waals surface area (Å²) >= 11 is 5.86. The molecule has 158 valence electrons. The molecule has 0 saturated heterocycles. The van der Waals surface area contributed by atoms with E-state index in [1.165, 1.54) is 12.1 Å². The van der Waals surface area contributed by atoms with Crippen LogP contribution in [-0.2, 0) is 0 Å². The second-order valence-corrected chi connectivity index (χ2v) is 6.82. The predicted octanol–water partition coefficient (Wildman–Crippen LogP) is 5.44. The maximum absolute atomic E-state index is 12.4. The highest BCUT2D eigenvalue weighted by molar-refractivity contribution is 6.30. The summed E-state index contributed by atoms with van der Waals surface area (Å²) < 4.78 is 5.17. The number of carbonyl (C=O) groups is 1. The zero-order chi connectivity index (χ0) is 23.3.